The second-order valence-corrected chi connectivity index (χ2v) is 6.12. The maximum Gasteiger partial charge on any atom is 0.313 e. The van der Waals surface area contributed by atoms with Crippen molar-refractivity contribution in [2.75, 3.05) is 6.61 Å². The molecule has 0 amide bonds. The van der Waals surface area contributed by atoms with Crippen LogP contribution in [0.25, 0.3) is 11.2 Å². The number of esters is 3. The number of carbonyl (C=O) groups excluding carboxylic acids is 3. The highest BCUT2D eigenvalue weighted by Crippen LogP contribution is 2.36. The molecule has 0 N–H and O–H groups in total. The Hall–Kier alpha value is -3.22. The summed E-state index contributed by atoms with van der Waals surface area (Å²) in [7, 11) is 0. The van der Waals surface area contributed by atoms with Crippen LogP contribution in [0.1, 0.15) is 27.0 Å². The quantitative estimate of drug-likeness (QED) is 0.294. The van der Waals surface area contributed by atoms with Crippen LogP contribution in [0.2, 0.25) is 0 Å². The van der Waals surface area contributed by atoms with Crippen molar-refractivity contribution in [2.45, 2.75) is 45.3 Å². The van der Waals surface area contributed by atoms with E-state index in [0.29, 0.717) is 0 Å². The fraction of sp³-hybridized carbons (Fsp3) is 0.500. The van der Waals surface area contributed by atoms with E-state index in [9.17, 15) is 23.2 Å². The lowest BCUT2D eigenvalue weighted by molar-refractivity contribution is -0.166. The molecular formula is C16H16F2N4O7. The number of rotatable bonds is 5. The third kappa shape index (κ3) is 4.29. The second-order valence-electron chi connectivity index (χ2n) is 6.12. The fourth-order valence-corrected chi connectivity index (χ4v) is 2.96. The molecule has 2 aromatic heterocycles. The lowest BCUT2D eigenvalue weighted by Gasteiger charge is -2.23. The van der Waals surface area contributed by atoms with Gasteiger partial charge < -0.3 is 18.9 Å². The lowest BCUT2D eigenvalue weighted by Crippen LogP contribution is -2.40. The van der Waals surface area contributed by atoms with Crippen LogP contribution in [0.15, 0.2) is 6.33 Å². The zero-order valence-electron chi connectivity index (χ0n) is 15.5. The molecule has 0 saturated carbocycles. The van der Waals surface area contributed by atoms with Crippen molar-refractivity contribution in [1.82, 2.24) is 19.5 Å². The third-order valence-electron chi connectivity index (χ3n) is 3.97. The van der Waals surface area contributed by atoms with Crippen LogP contribution in [0.3, 0.4) is 0 Å². The standard InChI is InChI=1S/C16H16F2N4O7/c1-6(23)26-4-9-11(27-7(2)24)12(28-8(3)25)15(29-9)22-5-19-10-13(17)20-16(18)21-14(10)22/h5,9,11-12,15H,4H2,1-3H3/t9-,11+,12-,15?/m0/s1. The fourth-order valence-electron chi connectivity index (χ4n) is 2.96. The van der Waals surface area contributed by atoms with Gasteiger partial charge in [0, 0.05) is 20.8 Å². The average molecular weight is 414 g/mol. The van der Waals surface area contributed by atoms with Gasteiger partial charge in [0.1, 0.15) is 12.7 Å². The van der Waals surface area contributed by atoms with Gasteiger partial charge in [-0.15, -0.1) is 0 Å². The van der Waals surface area contributed by atoms with Crippen molar-refractivity contribution in [3.63, 3.8) is 0 Å². The van der Waals surface area contributed by atoms with E-state index >= 15 is 0 Å². The van der Waals surface area contributed by atoms with Crippen molar-refractivity contribution in [1.29, 1.82) is 0 Å². The Morgan fingerprint density at radius 2 is 1.72 bits per heavy atom. The van der Waals surface area contributed by atoms with Gasteiger partial charge >= 0.3 is 24.0 Å². The second kappa shape index (κ2) is 8.03. The molecule has 4 atom stereocenters. The van der Waals surface area contributed by atoms with Gasteiger partial charge in [0.15, 0.2) is 29.6 Å². The van der Waals surface area contributed by atoms with Crippen molar-refractivity contribution in [3.05, 3.63) is 18.4 Å². The minimum Gasteiger partial charge on any atom is -0.463 e. The van der Waals surface area contributed by atoms with E-state index in [2.05, 4.69) is 15.0 Å². The van der Waals surface area contributed by atoms with E-state index in [-0.39, 0.29) is 17.8 Å². The van der Waals surface area contributed by atoms with E-state index in [4.69, 9.17) is 18.9 Å². The molecular weight excluding hydrogens is 398 g/mol. The van der Waals surface area contributed by atoms with Crippen LogP contribution >= 0.6 is 0 Å². The van der Waals surface area contributed by atoms with E-state index in [1.54, 1.807) is 0 Å². The number of hydrogen-bond acceptors (Lipinski definition) is 10. The number of nitrogens with zero attached hydrogens (tertiary/aromatic N) is 4. The maximum atomic E-state index is 13.9. The maximum absolute atomic E-state index is 13.9. The first-order chi connectivity index (χ1) is 13.7. The summed E-state index contributed by atoms with van der Waals surface area (Å²) < 4.78 is 49.6. The topological polar surface area (TPSA) is 132 Å². The number of aromatic nitrogens is 4. The number of fused-ring (bicyclic) bond motifs is 1. The summed E-state index contributed by atoms with van der Waals surface area (Å²) in [5.74, 6) is -3.25. The normalized spacial score (nSPS) is 23.8. The highest BCUT2D eigenvalue weighted by molar-refractivity contribution is 5.70. The molecule has 0 spiro atoms. The van der Waals surface area contributed by atoms with Gasteiger partial charge in [0.05, 0.1) is 6.33 Å². The summed E-state index contributed by atoms with van der Waals surface area (Å²) in [5, 5.41) is 0. The van der Waals surface area contributed by atoms with Gasteiger partial charge in [0.25, 0.3) is 0 Å². The Morgan fingerprint density at radius 1 is 1.07 bits per heavy atom. The first-order valence-corrected chi connectivity index (χ1v) is 8.36. The monoisotopic (exact) mass is 414 g/mol. The molecule has 13 heteroatoms. The van der Waals surface area contributed by atoms with Crippen LogP contribution in [-0.4, -0.2) is 62.3 Å². The SMILES string of the molecule is CC(=O)OC[C@@H]1OC(n2cnc3c(F)nc(F)nc32)[C@@H](OC(C)=O)[C@@H]1OC(C)=O. The molecule has 1 aliphatic rings. The predicted molar refractivity (Wildman–Crippen MR) is 86.9 cm³/mol. The van der Waals surface area contributed by atoms with Gasteiger partial charge in [0.2, 0.25) is 5.95 Å². The van der Waals surface area contributed by atoms with E-state index in [1.807, 2.05) is 0 Å². The molecule has 1 unspecified atom stereocenters. The molecule has 2 aromatic rings. The molecule has 11 nitrogen and oxygen atoms in total. The van der Waals surface area contributed by atoms with Crippen LogP contribution in [-0.2, 0) is 33.3 Å². The van der Waals surface area contributed by atoms with Crippen LogP contribution in [0, 0.1) is 12.0 Å². The minimum absolute atomic E-state index is 0.271. The zero-order chi connectivity index (χ0) is 21.3. The molecule has 0 bridgehead atoms. The molecule has 1 fully saturated rings. The van der Waals surface area contributed by atoms with E-state index in [0.717, 1.165) is 24.7 Å². The van der Waals surface area contributed by atoms with Gasteiger partial charge in [-0.3, -0.25) is 19.0 Å². The molecule has 0 aliphatic carbocycles. The zero-order valence-corrected chi connectivity index (χ0v) is 15.5. The average Bonchev–Trinajstić information content (AvgIpc) is 3.15. The number of hydrogen-bond donors (Lipinski definition) is 0. The summed E-state index contributed by atoms with van der Waals surface area (Å²) in [6.07, 6.45) is -4.94. The lowest BCUT2D eigenvalue weighted by atomic mass is 10.1. The van der Waals surface area contributed by atoms with E-state index < -0.39 is 54.5 Å². The molecule has 0 radical (unpaired) electrons. The van der Waals surface area contributed by atoms with Crippen LogP contribution in [0.4, 0.5) is 8.78 Å². The number of ether oxygens (including phenoxy) is 4. The summed E-state index contributed by atoms with van der Waals surface area (Å²) in [4.78, 5) is 44.6. The molecule has 156 valence electrons. The molecule has 0 aromatic carbocycles. The van der Waals surface area contributed by atoms with Gasteiger partial charge in [-0.25, -0.2) is 4.98 Å². The molecule has 29 heavy (non-hydrogen) atoms. The Balaban J connectivity index is 2.04. The number of imidazole rings is 1. The highest BCUT2D eigenvalue weighted by atomic mass is 19.1. The first-order valence-electron chi connectivity index (χ1n) is 8.36. The molecule has 3 rings (SSSR count). The Bertz CT molecular complexity index is 966. The van der Waals surface area contributed by atoms with Gasteiger partial charge in [-0.1, -0.05) is 0 Å². The van der Waals surface area contributed by atoms with Crippen molar-refractivity contribution in [3.8, 4) is 0 Å². The summed E-state index contributed by atoms with van der Waals surface area (Å²) >= 11 is 0. The summed E-state index contributed by atoms with van der Waals surface area (Å²) in [6, 6.07) is 0. The third-order valence-corrected chi connectivity index (χ3v) is 3.97. The smallest absolute Gasteiger partial charge is 0.313 e. The van der Waals surface area contributed by atoms with E-state index in [1.165, 1.54) is 6.92 Å². The highest BCUT2D eigenvalue weighted by Gasteiger charge is 2.51. The van der Waals surface area contributed by atoms with Gasteiger partial charge in [-0.05, 0) is 0 Å². The van der Waals surface area contributed by atoms with Crippen LogP contribution < -0.4 is 0 Å². The minimum atomic E-state index is -1.34. The van der Waals surface area contributed by atoms with Crippen molar-refractivity contribution >= 4 is 29.1 Å². The first kappa shape index (κ1) is 20.5. The van der Waals surface area contributed by atoms with Crippen molar-refractivity contribution in [2.24, 2.45) is 0 Å². The Labute approximate surface area is 161 Å². The molecule has 1 saturated heterocycles. The Morgan fingerprint density at radius 3 is 2.34 bits per heavy atom. The van der Waals surface area contributed by atoms with Crippen LogP contribution in [0.5, 0.6) is 0 Å². The molecule has 3 heterocycles. The Kier molecular flexibility index (Phi) is 5.68. The largest absolute Gasteiger partial charge is 0.463 e. The van der Waals surface area contributed by atoms with Crippen molar-refractivity contribution < 1.29 is 42.1 Å². The molecule has 1 aliphatic heterocycles. The predicted octanol–water partition coefficient (Wildman–Crippen LogP) is 0.428. The summed E-state index contributed by atoms with van der Waals surface area (Å²) in [5.41, 5.74) is -0.615. The summed E-state index contributed by atoms with van der Waals surface area (Å²) in [6.45, 7) is 3.09. The number of carbonyl (C=O) groups is 3. The van der Waals surface area contributed by atoms with Gasteiger partial charge in [-0.2, -0.15) is 18.7 Å². The number of halogens is 2.